The predicted octanol–water partition coefficient (Wildman–Crippen LogP) is 2.58. The van der Waals surface area contributed by atoms with Crippen molar-refractivity contribution in [3.63, 3.8) is 0 Å². The number of pyridine rings is 1. The molecule has 0 aliphatic rings. The molecule has 0 saturated heterocycles. The quantitative estimate of drug-likeness (QED) is 0.852. The topological polar surface area (TPSA) is 42.3 Å². The van der Waals surface area contributed by atoms with Crippen molar-refractivity contribution in [2.45, 2.75) is 20.0 Å². The molecule has 2 rings (SSSR count). The van der Waals surface area contributed by atoms with E-state index < -0.39 is 0 Å². The molecule has 0 fully saturated rings. The lowest BCUT2D eigenvalue weighted by Gasteiger charge is -2.18. The number of aromatic nitrogens is 1. The van der Waals surface area contributed by atoms with Crippen LogP contribution in [-0.2, 0) is 17.9 Å². The minimum absolute atomic E-state index is 0.0441. The highest BCUT2D eigenvalue weighted by molar-refractivity contribution is 9.10. The largest absolute Gasteiger partial charge is 0.340 e. The third kappa shape index (κ3) is 4.04. The van der Waals surface area contributed by atoms with Gasteiger partial charge in [0.15, 0.2) is 0 Å². The number of benzene rings is 1. The molecule has 1 aromatic carbocycles. The van der Waals surface area contributed by atoms with E-state index in [0.29, 0.717) is 12.1 Å². The Hall–Kier alpha value is -1.88. The van der Waals surface area contributed by atoms with Crippen LogP contribution < -0.4 is 5.56 Å². The summed E-state index contributed by atoms with van der Waals surface area (Å²) in [5.41, 5.74) is 1.54. The van der Waals surface area contributed by atoms with Gasteiger partial charge in [0.25, 0.3) is 5.56 Å². The van der Waals surface area contributed by atoms with Gasteiger partial charge in [-0.25, -0.2) is 0 Å². The average Bonchev–Trinajstić information content (AvgIpc) is 2.45. The Balaban J connectivity index is 2.09. The first-order valence-electron chi connectivity index (χ1n) is 6.62. The van der Waals surface area contributed by atoms with Crippen molar-refractivity contribution in [2.75, 3.05) is 7.05 Å². The highest BCUT2D eigenvalue weighted by atomic mass is 79.9. The number of nitrogens with zero attached hydrogens (tertiary/aromatic N) is 2. The van der Waals surface area contributed by atoms with E-state index in [0.717, 1.165) is 10.0 Å². The van der Waals surface area contributed by atoms with Crippen molar-refractivity contribution < 1.29 is 4.79 Å². The number of amides is 1. The third-order valence-corrected chi connectivity index (χ3v) is 3.66. The summed E-state index contributed by atoms with van der Waals surface area (Å²) < 4.78 is 2.22. The van der Waals surface area contributed by atoms with Crippen molar-refractivity contribution >= 4 is 21.8 Å². The number of rotatable bonds is 4. The molecule has 2 aromatic rings. The predicted molar refractivity (Wildman–Crippen MR) is 86.1 cm³/mol. The summed E-state index contributed by atoms with van der Waals surface area (Å²) in [7, 11) is 1.74. The van der Waals surface area contributed by atoms with Gasteiger partial charge in [-0.1, -0.05) is 30.3 Å². The summed E-state index contributed by atoms with van der Waals surface area (Å²) in [5, 5.41) is 0. The van der Waals surface area contributed by atoms with Crippen LogP contribution in [0.5, 0.6) is 0 Å². The van der Waals surface area contributed by atoms with Gasteiger partial charge in [-0.05, 0) is 34.5 Å². The summed E-state index contributed by atoms with van der Waals surface area (Å²) in [6.45, 7) is 2.31. The van der Waals surface area contributed by atoms with Crippen LogP contribution in [0.4, 0.5) is 0 Å². The molecule has 1 amide bonds. The van der Waals surface area contributed by atoms with Gasteiger partial charge in [-0.2, -0.15) is 0 Å². The van der Waals surface area contributed by atoms with Crippen LogP contribution in [0.3, 0.4) is 0 Å². The molecule has 0 saturated carbocycles. The van der Waals surface area contributed by atoms with Crippen LogP contribution in [0.1, 0.15) is 11.1 Å². The number of carbonyl (C=O) groups is 1. The van der Waals surface area contributed by atoms with E-state index >= 15 is 0 Å². The molecular weight excluding hydrogens is 332 g/mol. The summed E-state index contributed by atoms with van der Waals surface area (Å²) >= 11 is 3.34. The van der Waals surface area contributed by atoms with Crippen LogP contribution in [0.2, 0.25) is 0 Å². The molecule has 0 aliphatic carbocycles. The summed E-state index contributed by atoms with van der Waals surface area (Å²) in [6, 6.07) is 11.5. The van der Waals surface area contributed by atoms with Crippen LogP contribution in [0.25, 0.3) is 0 Å². The number of likely N-dealkylation sites (N-methyl/N-ethyl adjacent to an activating group) is 1. The second-order valence-corrected chi connectivity index (χ2v) is 5.93. The Morgan fingerprint density at radius 3 is 2.62 bits per heavy atom. The van der Waals surface area contributed by atoms with Gasteiger partial charge in [-0.15, -0.1) is 0 Å². The van der Waals surface area contributed by atoms with E-state index in [1.807, 2.05) is 30.3 Å². The Kier molecular flexibility index (Phi) is 4.96. The maximum absolute atomic E-state index is 12.2. The molecule has 110 valence electrons. The van der Waals surface area contributed by atoms with Gasteiger partial charge in [0, 0.05) is 29.8 Å². The lowest BCUT2D eigenvalue weighted by molar-refractivity contribution is -0.131. The zero-order valence-corrected chi connectivity index (χ0v) is 13.6. The fourth-order valence-electron chi connectivity index (χ4n) is 2.07. The highest BCUT2D eigenvalue weighted by Crippen LogP contribution is 2.09. The first-order chi connectivity index (χ1) is 9.97. The van der Waals surface area contributed by atoms with Gasteiger partial charge in [-0.3, -0.25) is 9.59 Å². The monoisotopic (exact) mass is 348 g/mol. The standard InChI is InChI=1S/C16H17BrN2O2/c1-12-8-14(17)10-19(16(12)21)11-15(20)18(2)9-13-6-4-3-5-7-13/h3-8,10H,9,11H2,1-2H3. The van der Waals surface area contributed by atoms with Crippen LogP contribution >= 0.6 is 15.9 Å². The molecule has 5 heteroatoms. The minimum atomic E-state index is -0.139. The number of hydrogen-bond acceptors (Lipinski definition) is 2. The van der Waals surface area contributed by atoms with Gasteiger partial charge >= 0.3 is 0 Å². The summed E-state index contributed by atoms with van der Waals surface area (Å²) in [6.07, 6.45) is 1.64. The van der Waals surface area contributed by atoms with E-state index in [4.69, 9.17) is 0 Å². The van der Waals surface area contributed by atoms with E-state index in [-0.39, 0.29) is 18.0 Å². The molecule has 0 radical (unpaired) electrons. The van der Waals surface area contributed by atoms with E-state index in [1.54, 1.807) is 31.1 Å². The maximum atomic E-state index is 12.2. The SMILES string of the molecule is Cc1cc(Br)cn(CC(=O)N(C)Cc2ccccc2)c1=O. The maximum Gasteiger partial charge on any atom is 0.253 e. The smallest absolute Gasteiger partial charge is 0.253 e. The number of carbonyl (C=O) groups excluding carboxylic acids is 1. The number of halogens is 1. The normalized spacial score (nSPS) is 10.4. The lowest BCUT2D eigenvalue weighted by Crippen LogP contribution is -2.34. The molecule has 0 unspecified atom stereocenters. The van der Waals surface area contributed by atoms with E-state index in [2.05, 4.69) is 15.9 Å². The Labute approximate surface area is 132 Å². The summed E-state index contributed by atoms with van der Waals surface area (Å²) in [4.78, 5) is 25.9. The molecule has 4 nitrogen and oxygen atoms in total. The van der Waals surface area contributed by atoms with Crippen molar-refractivity contribution in [2.24, 2.45) is 0 Å². The van der Waals surface area contributed by atoms with Crippen molar-refractivity contribution in [1.29, 1.82) is 0 Å². The molecule has 0 N–H and O–H groups in total. The van der Waals surface area contributed by atoms with Crippen molar-refractivity contribution in [1.82, 2.24) is 9.47 Å². The Morgan fingerprint density at radius 2 is 1.95 bits per heavy atom. The van der Waals surface area contributed by atoms with E-state index in [9.17, 15) is 9.59 Å². The average molecular weight is 349 g/mol. The fraction of sp³-hybridized carbons (Fsp3) is 0.250. The number of aryl methyl sites for hydroxylation is 1. The lowest BCUT2D eigenvalue weighted by atomic mass is 10.2. The van der Waals surface area contributed by atoms with Gasteiger partial charge < -0.3 is 9.47 Å². The van der Waals surface area contributed by atoms with Gasteiger partial charge in [0.2, 0.25) is 5.91 Å². The zero-order valence-electron chi connectivity index (χ0n) is 12.0. The Bertz CT molecular complexity index is 695. The molecule has 0 atom stereocenters. The van der Waals surface area contributed by atoms with Crippen LogP contribution in [0, 0.1) is 6.92 Å². The van der Waals surface area contributed by atoms with E-state index in [1.165, 1.54) is 4.57 Å². The fourth-order valence-corrected chi connectivity index (χ4v) is 2.66. The number of hydrogen-bond donors (Lipinski definition) is 0. The molecule has 1 heterocycles. The van der Waals surface area contributed by atoms with Gasteiger partial charge in [0.05, 0.1) is 0 Å². The highest BCUT2D eigenvalue weighted by Gasteiger charge is 2.12. The molecule has 0 spiro atoms. The van der Waals surface area contributed by atoms with Crippen molar-refractivity contribution in [3.8, 4) is 0 Å². The molecule has 1 aromatic heterocycles. The molecule has 21 heavy (non-hydrogen) atoms. The van der Waals surface area contributed by atoms with Gasteiger partial charge in [0.1, 0.15) is 6.54 Å². The third-order valence-electron chi connectivity index (χ3n) is 3.23. The second kappa shape index (κ2) is 6.72. The molecule has 0 aliphatic heterocycles. The molecule has 0 bridgehead atoms. The molecular formula is C16H17BrN2O2. The van der Waals surface area contributed by atoms with Crippen LogP contribution in [-0.4, -0.2) is 22.4 Å². The first-order valence-corrected chi connectivity index (χ1v) is 7.41. The summed E-state index contributed by atoms with van der Waals surface area (Å²) in [5.74, 6) is -0.0987. The first kappa shape index (κ1) is 15.5. The Morgan fingerprint density at radius 1 is 1.29 bits per heavy atom. The zero-order chi connectivity index (χ0) is 15.4. The minimum Gasteiger partial charge on any atom is -0.340 e. The van der Waals surface area contributed by atoms with Crippen LogP contribution in [0.15, 0.2) is 51.9 Å². The van der Waals surface area contributed by atoms with Crippen molar-refractivity contribution in [3.05, 3.63) is 68.5 Å². The second-order valence-electron chi connectivity index (χ2n) is 5.01.